The molecule has 0 unspecified atom stereocenters. The second kappa shape index (κ2) is 5.43. The number of aliphatic hydroxyl groups is 2. The zero-order chi connectivity index (χ0) is 12.1. The van der Waals surface area contributed by atoms with Crippen molar-refractivity contribution < 1.29 is 14.9 Å². The molecule has 17 heavy (non-hydrogen) atoms. The van der Waals surface area contributed by atoms with Gasteiger partial charge in [-0.1, -0.05) is 18.2 Å². The van der Waals surface area contributed by atoms with Crippen LogP contribution < -0.4 is 4.74 Å². The van der Waals surface area contributed by atoms with Gasteiger partial charge in [-0.25, -0.2) is 4.98 Å². The Kier molecular flexibility index (Phi) is 3.69. The van der Waals surface area contributed by atoms with Gasteiger partial charge in [-0.2, -0.15) is 0 Å². The Balaban J connectivity index is 2.19. The molecule has 1 heterocycles. The lowest BCUT2D eigenvalue weighted by Gasteiger charge is -2.08. The number of pyridine rings is 1. The first-order valence-corrected chi connectivity index (χ1v) is 5.26. The molecule has 4 nitrogen and oxygen atoms in total. The second-order valence-corrected chi connectivity index (χ2v) is 3.53. The fourth-order valence-corrected chi connectivity index (χ4v) is 1.41. The molecule has 0 spiro atoms. The van der Waals surface area contributed by atoms with E-state index in [1.807, 2.05) is 12.1 Å². The number of benzene rings is 1. The number of aromatic nitrogens is 1. The van der Waals surface area contributed by atoms with Gasteiger partial charge in [0, 0.05) is 17.8 Å². The van der Waals surface area contributed by atoms with Gasteiger partial charge >= 0.3 is 0 Å². The predicted octanol–water partition coefficient (Wildman–Crippen LogP) is 1.86. The molecular weight excluding hydrogens is 218 g/mol. The highest BCUT2D eigenvalue weighted by Gasteiger charge is 2.03. The number of nitrogens with zero attached hydrogens (tertiary/aromatic N) is 1. The molecule has 2 N–H and O–H groups in total. The van der Waals surface area contributed by atoms with Crippen LogP contribution in [0.2, 0.25) is 0 Å². The van der Waals surface area contributed by atoms with Crippen molar-refractivity contribution >= 4 is 0 Å². The first kappa shape index (κ1) is 11.6. The van der Waals surface area contributed by atoms with E-state index in [0.29, 0.717) is 17.2 Å². The van der Waals surface area contributed by atoms with Crippen LogP contribution in [0, 0.1) is 0 Å². The van der Waals surface area contributed by atoms with Gasteiger partial charge in [-0.15, -0.1) is 0 Å². The van der Waals surface area contributed by atoms with Crippen molar-refractivity contribution in [2.24, 2.45) is 0 Å². The molecule has 0 aliphatic rings. The molecule has 2 rings (SSSR count). The molecule has 0 atom stereocenters. The lowest BCUT2D eigenvalue weighted by atomic mass is 10.2. The molecule has 0 aliphatic heterocycles. The van der Waals surface area contributed by atoms with Crippen LogP contribution in [0.25, 0.3) is 0 Å². The monoisotopic (exact) mass is 231 g/mol. The SMILES string of the molecule is OCc1ccc(Oc2ccccc2CO)nc1. The highest BCUT2D eigenvalue weighted by Crippen LogP contribution is 2.23. The van der Waals surface area contributed by atoms with Crippen LogP contribution in [0.3, 0.4) is 0 Å². The number of hydrogen-bond acceptors (Lipinski definition) is 4. The molecule has 0 saturated heterocycles. The van der Waals surface area contributed by atoms with Crippen molar-refractivity contribution in [1.29, 1.82) is 0 Å². The average molecular weight is 231 g/mol. The topological polar surface area (TPSA) is 62.6 Å². The van der Waals surface area contributed by atoms with Gasteiger partial charge in [0.25, 0.3) is 0 Å². The van der Waals surface area contributed by atoms with Crippen molar-refractivity contribution in [3.05, 3.63) is 53.7 Å². The van der Waals surface area contributed by atoms with Crippen LogP contribution >= 0.6 is 0 Å². The molecule has 2 aromatic rings. The third kappa shape index (κ3) is 2.81. The van der Waals surface area contributed by atoms with E-state index in [4.69, 9.17) is 14.9 Å². The number of rotatable bonds is 4. The lowest BCUT2D eigenvalue weighted by molar-refractivity contribution is 0.276. The third-order valence-electron chi connectivity index (χ3n) is 2.34. The number of para-hydroxylation sites is 1. The molecule has 0 radical (unpaired) electrons. The Bertz CT molecular complexity index is 482. The zero-order valence-corrected chi connectivity index (χ0v) is 9.21. The van der Waals surface area contributed by atoms with Crippen LogP contribution in [-0.4, -0.2) is 15.2 Å². The average Bonchev–Trinajstić information content (AvgIpc) is 2.40. The Labute approximate surface area is 99.1 Å². The van der Waals surface area contributed by atoms with E-state index in [1.165, 1.54) is 0 Å². The van der Waals surface area contributed by atoms with Gasteiger partial charge in [-0.3, -0.25) is 0 Å². The summed E-state index contributed by atoms with van der Waals surface area (Å²) < 4.78 is 5.55. The Morgan fingerprint density at radius 2 is 1.82 bits per heavy atom. The van der Waals surface area contributed by atoms with Crippen molar-refractivity contribution in [2.75, 3.05) is 0 Å². The normalized spacial score (nSPS) is 10.2. The van der Waals surface area contributed by atoms with Gasteiger partial charge in [0.1, 0.15) is 5.75 Å². The van der Waals surface area contributed by atoms with E-state index in [0.717, 1.165) is 5.56 Å². The summed E-state index contributed by atoms with van der Waals surface area (Å²) in [6, 6.07) is 10.6. The molecule has 4 heteroatoms. The maximum absolute atomic E-state index is 9.15. The molecule has 0 amide bonds. The van der Waals surface area contributed by atoms with Gasteiger partial charge in [-0.05, 0) is 17.7 Å². The van der Waals surface area contributed by atoms with Gasteiger partial charge in [0.05, 0.1) is 13.2 Å². The van der Waals surface area contributed by atoms with Crippen molar-refractivity contribution in [1.82, 2.24) is 4.98 Å². The summed E-state index contributed by atoms with van der Waals surface area (Å²) in [5, 5.41) is 18.0. The van der Waals surface area contributed by atoms with Gasteiger partial charge < -0.3 is 14.9 Å². The highest BCUT2D eigenvalue weighted by molar-refractivity contribution is 5.35. The summed E-state index contributed by atoms with van der Waals surface area (Å²) in [7, 11) is 0. The minimum absolute atomic E-state index is 0.0412. The first-order valence-electron chi connectivity index (χ1n) is 5.26. The van der Waals surface area contributed by atoms with Crippen LogP contribution in [-0.2, 0) is 13.2 Å². The van der Waals surface area contributed by atoms with Crippen LogP contribution in [0.4, 0.5) is 0 Å². The van der Waals surface area contributed by atoms with Gasteiger partial charge in [0.15, 0.2) is 0 Å². The fraction of sp³-hybridized carbons (Fsp3) is 0.154. The van der Waals surface area contributed by atoms with Crippen LogP contribution in [0.15, 0.2) is 42.6 Å². The Morgan fingerprint density at radius 3 is 2.47 bits per heavy atom. The zero-order valence-electron chi connectivity index (χ0n) is 9.21. The molecule has 1 aromatic carbocycles. The molecule has 1 aromatic heterocycles. The van der Waals surface area contributed by atoms with E-state index in [-0.39, 0.29) is 13.2 Å². The minimum Gasteiger partial charge on any atom is -0.439 e. The smallest absolute Gasteiger partial charge is 0.219 e. The number of aliphatic hydroxyl groups excluding tert-OH is 2. The molecule has 0 fully saturated rings. The largest absolute Gasteiger partial charge is 0.439 e. The fourth-order valence-electron chi connectivity index (χ4n) is 1.41. The van der Waals surface area contributed by atoms with Crippen LogP contribution in [0.5, 0.6) is 11.6 Å². The Hall–Kier alpha value is -1.91. The molecular formula is C13H13NO3. The molecule has 0 aliphatic carbocycles. The quantitative estimate of drug-likeness (QED) is 0.843. The maximum atomic E-state index is 9.15. The van der Waals surface area contributed by atoms with Crippen molar-refractivity contribution in [3.63, 3.8) is 0 Å². The first-order chi connectivity index (χ1) is 8.33. The third-order valence-corrected chi connectivity index (χ3v) is 2.34. The van der Waals surface area contributed by atoms with E-state index < -0.39 is 0 Å². The van der Waals surface area contributed by atoms with Crippen molar-refractivity contribution in [2.45, 2.75) is 13.2 Å². The van der Waals surface area contributed by atoms with Crippen LogP contribution in [0.1, 0.15) is 11.1 Å². The predicted molar refractivity (Wildman–Crippen MR) is 62.6 cm³/mol. The van der Waals surface area contributed by atoms with Crippen molar-refractivity contribution in [3.8, 4) is 11.6 Å². The molecule has 0 saturated carbocycles. The summed E-state index contributed by atoms with van der Waals surface area (Å²) >= 11 is 0. The summed E-state index contributed by atoms with van der Waals surface area (Å²) in [5.74, 6) is 1.02. The Morgan fingerprint density at radius 1 is 1.00 bits per heavy atom. The summed E-state index contributed by atoms with van der Waals surface area (Å²) in [4.78, 5) is 4.06. The van der Waals surface area contributed by atoms with E-state index >= 15 is 0 Å². The maximum Gasteiger partial charge on any atom is 0.219 e. The second-order valence-electron chi connectivity index (χ2n) is 3.53. The summed E-state index contributed by atoms with van der Waals surface area (Å²) in [6.07, 6.45) is 1.55. The minimum atomic E-state index is -0.0785. The van der Waals surface area contributed by atoms with Gasteiger partial charge in [0.2, 0.25) is 5.88 Å². The van der Waals surface area contributed by atoms with E-state index in [9.17, 15) is 0 Å². The molecule has 0 bridgehead atoms. The summed E-state index contributed by atoms with van der Waals surface area (Å²) in [5.41, 5.74) is 1.44. The van der Waals surface area contributed by atoms with E-state index in [2.05, 4.69) is 4.98 Å². The molecule has 88 valence electrons. The highest BCUT2D eigenvalue weighted by atomic mass is 16.5. The lowest BCUT2D eigenvalue weighted by Crippen LogP contribution is -1.93. The van der Waals surface area contributed by atoms with E-state index in [1.54, 1.807) is 30.5 Å². The number of hydrogen-bond donors (Lipinski definition) is 2. The standard InChI is InChI=1S/C13H13NO3/c15-8-10-5-6-13(14-7-10)17-12-4-2-1-3-11(12)9-16/h1-7,15-16H,8-9H2. The number of ether oxygens (including phenoxy) is 1. The summed E-state index contributed by atoms with van der Waals surface area (Å²) in [6.45, 7) is -0.120.